The number of benzene rings is 2. The van der Waals surface area contributed by atoms with E-state index in [1.54, 1.807) is 0 Å². The number of hydrogen-bond donors (Lipinski definition) is 1. The van der Waals surface area contributed by atoms with Crippen molar-refractivity contribution >= 4 is 21.6 Å². The topological polar surface area (TPSA) is 75.7 Å². The number of carbonyl (C=O) groups excluding carboxylic acids is 1. The van der Waals surface area contributed by atoms with Crippen LogP contribution in [-0.4, -0.2) is 44.9 Å². The molecule has 9 heteroatoms. The van der Waals surface area contributed by atoms with Crippen molar-refractivity contribution in [3.63, 3.8) is 0 Å². The van der Waals surface area contributed by atoms with Gasteiger partial charge in [-0.1, -0.05) is 6.07 Å². The first kappa shape index (κ1) is 18.4. The third-order valence-electron chi connectivity index (χ3n) is 3.88. The number of carbonyl (C=O) groups is 1. The molecule has 3 rings (SSSR count). The van der Waals surface area contributed by atoms with Crippen LogP contribution in [0.1, 0.15) is 10.4 Å². The summed E-state index contributed by atoms with van der Waals surface area (Å²) in [6.45, 7) is 1.17. The highest BCUT2D eigenvalue weighted by molar-refractivity contribution is 7.89. The predicted molar refractivity (Wildman–Crippen MR) is 90.3 cm³/mol. The Bertz CT molecular complexity index is 928. The van der Waals surface area contributed by atoms with E-state index in [2.05, 4.69) is 5.32 Å². The third-order valence-corrected chi connectivity index (χ3v) is 5.78. The highest BCUT2D eigenvalue weighted by Gasteiger charge is 2.26. The van der Waals surface area contributed by atoms with Crippen LogP contribution in [0.15, 0.2) is 47.4 Å². The zero-order valence-electron chi connectivity index (χ0n) is 13.6. The summed E-state index contributed by atoms with van der Waals surface area (Å²) in [6, 6.07) is 8.52. The molecule has 1 amide bonds. The summed E-state index contributed by atoms with van der Waals surface area (Å²) in [6.07, 6.45) is 0. The lowest BCUT2D eigenvalue weighted by molar-refractivity contribution is 0.0730. The molecule has 138 valence electrons. The van der Waals surface area contributed by atoms with Crippen molar-refractivity contribution in [1.29, 1.82) is 0 Å². The first-order chi connectivity index (χ1) is 12.4. The molecule has 0 atom stereocenters. The molecule has 0 unspecified atom stereocenters. The quantitative estimate of drug-likeness (QED) is 0.880. The average molecular weight is 382 g/mol. The van der Waals surface area contributed by atoms with Crippen LogP contribution in [0.2, 0.25) is 0 Å². The molecule has 1 N–H and O–H groups in total. The minimum absolute atomic E-state index is 0.0301. The number of nitrogens with one attached hydrogen (secondary N) is 1. The first-order valence-electron chi connectivity index (χ1n) is 7.82. The number of morpholine rings is 1. The summed E-state index contributed by atoms with van der Waals surface area (Å²) in [7, 11) is -3.70. The van der Waals surface area contributed by atoms with Crippen molar-refractivity contribution < 1.29 is 26.7 Å². The second-order valence-corrected chi connectivity index (χ2v) is 7.57. The lowest BCUT2D eigenvalue weighted by Crippen LogP contribution is -2.40. The van der Waals surface area contributed by atoms with Gasteiger partial charge in [-0.25, -0.2) is 17.2 Å². The molecule has 2 aromatic carbocycles. The molecule has 0 saturated carbocycles. The number of sulfonamides is 1. The molecule has 0 bridgehead atoms. The van der Waals surface area contributed by atoms with Gasteiger partial charge in [0.15, 0.2) is 11.6 Å². The Morgan fingerprint density at radius 3 is 2.46 bits per heavy atom. The van der Waals surface area contributed by atoms with Gasteiger partial charge < -0.3 is 10.1 Å². The highest BCUT2D eigenvalue weighted by Crippen LogP contribution is 2.21. The van der Waals surface area contributed by atoms with Gasteiger partial charge in [-0.3, -0.25) is 4.79 Å². The van der Waals surface area contributed by atoms with Gasteiger partial charge in [0.05, 0.1) is 18.1 Å². The largest absolute Gasteiger partial charge is 0.379 e. The van der Waals surface area contributed by atoms with Gasteiger partial charge in [0.1, 0.15) is 0 Å². The minimum Gasteiger partial charge on any atom is -0.379 e. The smallest absolute Gasteiger partial charge is 0.255 e. The van der Waals surface area contributed by atoms with Crippen molar-refractivity contribution in [2.75, 3.05) is 31.6 Å². The number of rotatable bonds is 4. The second-order valence-electron chi connectivity index (χ2n) is 5.63. The van der Waals surface area contributed by atoms with E-state index in [9.17, 15) is 22.0 Å². The monoisotopic (exact) mass is 382 g/mol. The van der Waals surface area contributed by atoms with Gasteiger partial charge in [0.25, 0.3) is 5.91 Å². The molecule has 1 aliphatic heterocycles. The van der Waals surface area contributed by atoms with Crippen LogP contribution in [-0.2, 0) is 14.8 Å². The summed E-state index contributed by atoms with van der Waals surface area (Å²) in [5.74, 6) is -2.87. The Kier molecular flexibility index (Phi) is 5.30. The van der Waals surface area contributed by atoms with E-state index in [0.717, 1.165) is 18.2 Å². The molecule has 0 radical (unpaired) electrons. The number of nitrogens with zero attached hydrogens (tertiary/aromatic N) is 1. The second kappa shape index (κ2) is 7.48. The van der Waals surface area contributed by atoms with E-state index < -0.39 is 27.6 Å². The Balaban J connectivity index is 1.80. The SMILES string of the molecule is O=C(Nc1cccc(S(=O)(=O)N2CCOCC2)c1)c1ccc(F)c(F)c1. The third kappa shape index (κ3) is 3.90. The van der Waals surface area contributed by atoms with Gasteiger partial charge >= 0.3 is 0 Å². The maximum atomic E-state index is 13.3. The van der Waals surface area contributed by atoms with Crippen molar-refractivity contribution in [3.05, 3.63) is 59.7 Å². The number of ether oxygens (including phenoxy) is 1. The Labute approximate surface area is 149 Å². The van der Waals surface area contributed by atoms with Crippen molar-refractivity contribution in [2.45, 2.75) is 4.90 Å². The summed E-state index contributed by atoms with van der Waals surface area (Å²) < 4.78 is 58.0. The van der Waals surface area contributed by atoms with Crippen LogP contribution in [0.25, 0.3) is 0 Å². The lowest BCUT2D eigenvalue weighted by Gasteiger charge is -2.26. The Morgan fingerprint density at radius 2 is 1.77 bits per heavy atom. The van der Waals surface area contributed by atoms with Gasteiger partial charge in [-0.2, -0.15) is 4.31 Å². The Morgan fingerprint density at radius 1 is 1.04 bits per heavy atom. The number of hydrogen-bond acceptors (Lipinski definition) is 4. The standard InChI is InChI=1S/C17H16F2N2O4S/c18-15-5-4-12(10-16(15)19)17(22)20-13-2-1-3-14(11-13)26(23,24)21-6-8-25-9-7-21/h1-5,10-11H,6-9H2,(H,20,22). The number of anilines is 1. The fraction of sp³-hybridized carbons (Fsp3) is 0.235. The summed E-state index contributed by atoms with van der Waals surface area (Å²) >= 11 is 0. The molecule has 0 aromatic heterocycles. The van der Waals surface area contributed by atoms with Crippen LogP contribution in [0.3, 0.4) is 0 Å². The van der Waals surface area contributed by atoms with Gasteiger partial charge in [0, 0.05) is 24.3 Å². The van der Waals surface area contributed by atoms with Crippen LogP contribution >= 0.6 is 0 Å². The van der Waals surface area contributed by atoms with E-state index in [4.69, 9.17) is 4.74 Å². The van der Waals surface area contributed by atoms with Crippen molar-refractivity contribution in [1.82, 2.24) is 4.31 Å². The molecule has 1 saturated heterocycles. The lowest BCUT2D eigenvalue weighted by atomic mass is 10.2. The molecule has 1 aliphatic rings. The fourth-order valence-corrected chi connectivity index (χ4v) is 3.97. The maximum Gasteiger partial charge on any atom is 0.255 e. The molecule has 0 aliphatic carbocycles. The Hall–Kier alpha value is -2.36. The van der Waals surface area contributed by atoms with E-state index in [1.807, 2.05) is 0 Å². The normalized spacial score (nSPS) is 15.6. The minimum atomic E-state index is -3.70. The van der Waals surface area contributed by atoms with E-state index in [1.165, 1.54) is 28.6 Å². The van der Waals surface area contributed by atoms with Gasteiger partial charge in [-0.15, -0.1) is 0 Å². The molecule has 1 fully saturated rings. The van der Waals surface area contributed by atoms with E-state index >= 15 is 0 Å². The molecule has 0 spiro atoms. The zero-order valence-corrected chi connectivity index (χ0v) is 14.4. The fourth-order valence-electron chi connectivity index (χ4n) is 2.51. The average Bonchev–Trinajstić information content (AvgIpc) is 2.65. The molecular formula is C17H16F2N2O4S. The van der Waals surface area contributed by atoms with Crippen LogP contribution < -0.4 is 5.32 Å². The maximum absolute atomic E-state index is 13.3. The van der Waals surface area contributed by atoms with Gasteiger partial charge in [0.2, 0.25) is 10.0 Å². The van der Waals surface area contributed by atoms with Gasteiger partial charge in [-0.05, 0) is 36.4 Å². The highest BCUT2D eigenvalue weighted by atomic mass is 32.2. The van der Waals surface area contributed by atoms with Crippen LogP contribution in [0.4, 0.5) is 14.5 Å². The molecular weight excluding hydrogens is 366 g/mol. The number of amides is 1. The van der Waals surface area contributed by atoms with Crippen molar-refractivity contribution in [2.24, 2.45) is 0 Å². The van der Waals surface area contributed by atoms with Crippen LogP contribution in [0.5, 0.6) is 0 Å². The summed E-state index contributed by atoms with van der Waals surface area (Å²) in [4.78, 5) is 12.2. The number of halogens is 2. The summed E-state index contributed by atoms with van der Waals surface area (Å²) in [5.41, 5.74) is 0.152. The molecule has 6 nitrogen and oxygen atoms in total. The van der Waals surface area contributed by atoms with Crippen molar-refractivity contribution in [3.8, 4) is 0 Å². The molecule has 26 heavy (non-hydrogen) atoms. The van der Waals surface area contributed by atoms with E-state index in [-0.39, 0.29) is 29.2 Å². The summed E-state index contributed by atoms with van der Waals surface area (Å²) in [5, 5.41) is 2.48. The van der Waals surface area contributed by atoms with Crippen LogP contribution in [0, 0.1) is 11.6 Å². The van der Waals surface area contributed by atoms with E-state index in [0.29, 0.717) is 13.2 Å². The molecule has 1 heterocycles. The molecule has 2 aromatic rings. The predicted octanol–water partition coefficient (Wildman–Crippen LogP) is 2.24. The first-order valence-corrected chi connectivity index (χ1v) is 9.26. The zero-order chi connectivity index (χ0) is 18.7.